The van der Waals surface area contributed by atoms with Crippen molar-refractivity contribution in [2.24, 2.45) is 0 Å². The van der Waals surface area contributed by atoms with Crippen molar-refractivity contribution in [1.29, 1.82) is 0 Å². The summed E-state index contributed by atoms with van der Waals surface area (Å²) >= 11 is 0. The molecule has 0 bridgehead atoms. The molecule has 18 heavy (non-hydrogen) atoms. The van der Waals surface area contributed by atoms with Crippen molar-refractivity contribution in [3.05, 3.63) is 30.1 Å². The van der Waals surface area contributed by atoms with Crippen molar-refractivity contribution in [3.8, 4) is 0 Å². The molecule has 0 fully saturated rings. The van der Waals surface area contributed by atoms with Gasteiger partial charge in [0.1, 0.15) is 5.65 Å². The van der Waals surface area contributed by atoms with Gasteiger partial charge in [-0.05, 0) is 45.4 Å². The number of nitrogens with zero attached hydrogens (tertiary/aromatic N) is 1. The van der Waals surface area contributed by atoms with Gasteiger partial charge in [-0.15, -0.1) is 0 Å². The SMILES string of the molecule is C[C@@H](N[S@@](=O)C(C)(C)C)c1cnc2[nH]ccc2c1. The molecule has 0 aliphatic heterocycles. The molecule has 0 amide bonds. The van der Waals surface area contributed by atoms with Gasteiger partial charge in [0.05, 0.1) is 15.7 Å². The molecule has 0 saturated carbocycles. The molecule has 0 radical (unpaired) electrons. The number of hydrogen-bond donors (Lipinski definition) is 2. The normalized spacial score (nSPS) is 15.8. The zero-order valence-corrected chi connectivity index (χ0v) is 12.0. The molecule has 2 aromatic rings. The summed E-state index contributed by atoms with van der Waals surface area (Å²) in [6.45, 7) is 7.86. The predicted molar refractivity (Wildman–Crippen MR) is 75.5 cm³/mol. The molecule has 2 atom stereocenters. The average molecular weight is 265 g/mol. The maximum Gasteiger partial charge on any atom is 0.137 e. The molecule has 4 nitrogen and oxygen atoms in total. The van der Waals surface area contributed by atoms with E-state index in [1.807, 2.05) is 46.2 Å². The number of aromatic nitrogens is 2. The Balaban J connectivity index is 2.18. The molecule has 0 aromatic carbocycles. The van der Waals surface area contributed by atoms with Gasteiger partial charge in [0, 0.05) is 23.8 Å². The first kappa shape index (κ1) is 13.2. The zero-order chi connectivity index (χ0) is 13.3. The third kappa shape index (κ3) is 2.79. The maximum absolute atomic E-state index is 12.0. The van der Waals surface area contributed by atoms with Gasteiger partial charge in [-0.25, -0.2) is 13.9 Å². The molecule has 2 aromatic heterocycles. The van der Waals surface area contributed by atoms with Gasteiger partial charge in [-0.1, -0.05) is 0 Å². The highest BCUT2D eigenvalue weighted by Crippen LogP contribution is 2.19. The van der Waals surface area contributed by atoms with Gasteiger partial charge >= 0.3 is 0 Å². The van der Waals surface area contributed by atoms with Gasteiger partial charge < -0.3 is 4.98 Å². The number of rotatable bonds is 3. The standard InChI is InChI=1S/C13H19N3OS/c1-9(16-18(17)13(2,3)4)11-7-10-5-6-14-12(10)15-8-11/h5-9,16H,1-4H3,(H,14,15)/t9-,18+/m1/s1. The Morgan fingerprint density at radius 3 is 2.83 bits per heavy atom. The molecular formula is C13H19N3OS. The van der Waals surface area contributed by atoms with E-state index < -0.39 is 11.0 Å². The third-order valence-electron chi connectivity index (χ3n) is 2.76. The van der Waals surface area contributed by atoms with Crippen LogP contribution < -0.4 is 4.72 Å². The van der Waals surface area contributed by atoms with Crippen LogP contribution in [0, 0.1) is 0 Å². The number of aromatic amines is 1. The maximum atomic E-state index is 12.0. The first-order valence-electron chi connectivity index (χ1n) is 5.99. The lowest BCUT2D eigenvalue weighted by molar-refractivity contribution is 0.616. The molecule has 0 unspecified atom stereocenters. The van der Waals surface area contributed by atoms with Crippen molar-refractivity contribution in [3.63, 3.8) is 0 Å². The summed E-state index contributed by atoms with van der Waals surface area (Å²) in [6.07, 6.45) is 3.68. The van der Waals surface area contributed by atoms with E-state index in [1.54, 1.807) is 0 Å². The van der Waals surface area contributed by atoms with Crippen molar-refractivity contribution in [2.75, 3.05) is 0 Å². The van der Waals surface area contributed by atoms with Gasteiger partial charge in [-0.3, -0.25) is 0 Å². The van der Waals surface area contributed by atoms with E-state index in [2.05, 4.69) is 20.8 Å². The van der Waals surface area contributed by atoms with Crippen LogP contribution in [0.25, 0.3) is 11.0 Å². The molecule has 0 aliphatic carbocycles. The van der Waals surface area contributed by atoms with E-state index in [4.69, 9.17) is 0 Å². The highest BCUT2D eigenvalue weighted by Gasteiger charge is 2.21. The van der Waals surface area contributed by atoms with Crippen molar-refractivity contribution in [2.45, 2.75) is 38.5 Å². The first-order valence-corrected chi connectivity index (χ1v) is 7.14. The van der Waals surface area contributed by atoms with Gasteiger partial charge in [0.15, 0.2) is 0 Å². The van der Waals surface area contributed by atoms with Crippen molar-refractivity contribution < 1.29 is 4.21 Å². The van der Waals surface area contributed by atoms with Crippen molar-refractivity contribution >= 4 is 22.0 Å². The number of H-pyrrole nitrogens is 1. The Morgan fingerprint density at radius 1 is 1.44 bits per heavy atom. The monoisotopic (exact) mass is 265 g/mol. The van der Waals surface area contributed by atoms with Crippen LogP contribution in [-0.4, -0.2) is 18.9 Å². The second-order valence-corrected chi connectivity index (χ2v) is 7.40. The van der Waals surface area contributed by atoms with E-state index in [-0.39, 0.29) is 10.8 Å². The number of nitrogens with one attached hydrogen (secondary N) is 2. The van der Waals surface area contributed by atoms with Crippen LogP contribution in [0.15, 0.2) is 24.5 Å². The fourth-order valence-corrected chi connectivity index (χ4v) is 2.41. The van der Waals surface area contributed by atoms with Crippen LogP contribution in [0.5, 0.6) is 0 Å². The Hall–Kier alpha value is -1.20. The summed E-state index contributed by atoms with van der Waals surface area (Å²) in [6, 6.07) is 4.06. The van der Waals surface area contributed by atoms with E-state index in [0.29, 0.717) is 0 Å². The summed E-state index contributed by atoms with van der Waals surface area (Å²) in [5.74, 6) is 0. The highest BCUT2D eigenvalue weighted by molar-refractivity contribution is 7.84. The van der Waals surface area contributed by atoms with Gasteiger partial charge in [-0.2, -0.15) is 0 Å². The average Bonchev–Trinajstić information content (AvgIpc) is 2.74. The minimum absolute atomic E-state index is 0.0110. The van der Waals surface area contributed by atoms with Crippen LogP contribution >= 0.6 is 0 Å². The first-order chi connectivity index (χ1) is 8.38. The van der Waals surface area contributed by atoms with Gasteiger partial charge in [0.2, 0.25) is 0 Å². The molecule has 98 valence electrons. The molecule has 0 spiro atoms. The Labute approximate surface area is 110 Å². The highest BCUT2D eigenvalue weighted by atomic mass is 32.2. The number of pyridine rings is 1. The van der Waals surface area contributed by atoms with Crippen LogP contribution in [0.4, 0.5) is 0 Å². The third-order valence-corrected chi connectivity index (χ3v) is 4.44. The largest absolute Gasteiger partial charge is 0.346 e. The van der Waals surface area contributed by atoms with Gasteiger partial charge in [0.25, 0.3) is 0 Å². The lowest BCUT2D eigenvalue weighted by atomic mass is 10.1. The Kier molecular flexibility index (Phi) is 3.54. The molecular weight excluding hydrogens is 246 g/mol. The Morgan fingerprint density at radius 2 is 2.17 bits per heavy atom. The van der Waals surface area contributed by atoms with E-state index in [1.165, 1.54) is 0 Å². The predicted octanol–water partition coefficient (Wildman–Crippen LogP) is 2.68. The van der Waals surface area contributed by atoms with E-state index in [9.17, 15) is 4.21 Å². The van der Waals surface area contributed by atoms with Crippen LogP contribution in [-0.2, 0) is 11.0 Å². The Bertz CT molecular complexity index is 571. The van der Waals surface area contributed by atoms with Crippen LogP contribution in [0.3, 0.4) is 0 Å². The summed E-state index contributed by atoms with van der Waals surface area (Å²) < 4.78 is 14.9. The topological polar surface area (TPSA) is 57.8 Å². The summed E-state index contributed by atoms with van der Waals surface area (Å²) in [5.41, 5.74) is 1.92. The summed E-state index contributed by atoms with van der Waals surface area (Å²) in [5, 5.41) is 1.07. The second kappa shape index (κ2) is 4.82. The molecule has 0 saturated heterocycles. The van der Waals surface area contributed by atoms with Crippen molar-refractivity contribution in [1.82, 2.24) is 14.7 Å². The van der Waals surface area contributed by atoms with E-state index >= 15 is 0 Å². The second-order valence-electron chi connectivity index (χ2n) is 5.40. The summed E-state index contributed by atoms with van der Waals surface area (Å²) in [7, 11) is -1.08. The van der Waals surface area contributed by atoms with E-state index in [0.717, 1.165) is 16.6 Å². The van der Waals surface area contributed by atoms with Crippen LogP contribution in [0.1, 0.15) is 39.3 Å². The zero-order valence-electron chi connectivity index (χ0n) is 11.2. The quantitative estimate of drug-likeness (QED) is 0.896. The molecule has 2 N–H and O–H groups in total. The molecule has 0 aliphatic rings. The molecule has 2 heterocycles. The minimum atomic E-state index is -1.08. The number of fused-ring (bicyclic) bond motifs is 1. The summed E-state index contributed by atoms with van der Waals surface area (Å²) in [4.78, 5) is 7.40. The fraction of sp³-hybridized carbons (Fsp3) is 0.462. The lowest BCUT2D eigenvalue weighted by Crippen LogP contribution is -2.34. The molecule has 5 heteroatoms. The lowest BCUT2D eigenvalue weighted by Gasteiger charge is -2.22. The number of hydrogen-bond acceptors (Lipinski definition) is 2. The molecule has 2 rings (SSSR count). The fourth-order valence-electron chi connectivity index (χ4n) is 1.60. The minimum Gasteiger partial charge on any atom is -0.346 e. The smallest absolute Gasteiger partial charge is 0.137 e. The van der Waals surface area contributed by atoms with Crippen LogP contribution in [0.2, 0.25) is 0 Å².